The highest BCUT2D eigenvalue weighted by atomic mass is 16.6. The lowest BCUT2D eigenvalue weighted by molar-refractivity contribution is -0.165. The van der Waals surface area contributed by atoms with Gasteiger partial charge in [-0.05, 0) is 25.0 Å². The van der Waals surface area contributed by atoms with Crippen LogP contribution in [0.2, 0.25) is 5.82 Å². The van der Waals surface area contributed by atoms with Gasteiger partial charge in [0, 0.05) is 5.41 Å². The molecular formula is C27H33BO5. The Morgan fingerprint density at radius 1 is 0.909 bits per heavy atom. The van der Waals surface area contributed by atoms with Crippen molar-refractivity contribution in [3.05, 3.63) is 71.8 Å². The zero-order valence-electron chi connectivity index (χ0n) is 20.1. The molecule has 1 saturated heterocycles. The van der Waals surface area contributed by atoms with Gasteiger partial charge in [0.15, 0.2) is 0 Å². The predicted molar refractivity (Wildman–Crippen MR) is 127 cm³/mol. The van der Waals surface area contributed by atoms with Crippen LogP contribution < -0.4 is 0 Å². The van der Waals surface area contributed by atoms with Gasteiger partial charge < -0.3 is 14.2 Å². The molecule has 2 aromatic carbocycles. The Morgan fingerprint density at radius 2 is 1.39 bits per heavy atom. The van der Waals surface area contributed by atoms with Crippen LogP contribution in [0.15, 0.2) is 60.7 Å². The van der Waals surface area contributed by atoms with Gasteiger partial charge in [-0.1, -0.05) is 87.3 Å². The molecule has 0 spiro atoms. The molecule has 0 saturated carbocycles. The maximum atomic E-state index is 13.4. The highest BCUT2D eigenvalue weighted by molar-refractivity contribution is 6.12. The van der Waals surface area contributed by atoms with E-state index in [0.29, 0.717) is 0 Å². The number of carbonyl (C=O) groups excluding carboxylic acids is 2. The zero-order valence-corrected chi connectivity index (χ0v) is 20.1. The molecule has 0 bridgehead atoms. The third-order valence-electron chi connectivity index (χ3n) is 7.18. The smallest absolute Gasteiger partial charge is 0.312 e. The molecule has 0 aliphatic carbocycles. The average Bonchev–Trinajstić information content (AvgIpc) is 3.03. The first kappa shape index (κ1) is 25.0. The summed E-state index contributed by atoms with van der Waals surface area (Å²) in [6, 6.07) is 19.0. The Morgan fingerprint density at radius 3 is 1.88 bits per heavy atom. The first-order chi connectivity index (χ1) is 15.6. The Kier molecular flexibility index (Phi) is 7.68. The fraction of sp³-hybridized carbons (Fsp3) is 0.481. The number of rotatable bonds is 8. The largest absolute Gasteiger partial charge is 0.461 e. The summed E-state index contributed by atoms with van der Waals surface area (Å²) < 4.78 is 17.7. The molecule has 1 aliphatic rings. The van der Waals surface area contributed by atoms with Crippen molar-refractivity contribution < 1.29 is 23.8 Å². The lowest BCUT2D eigenvalue weighted by atomic mass is 9.58. The summed E-state index contributed by atoms with van der Waals surface area (Å²) in [4.78, 5) is 26.6. The predicted octanol–water partition coefficient (Wildman–Crippen LogP) is 4.89. The maximum Gasteiger partial charge on any atom is 0.312 e. The van der Waals surface area contributed by atoms with Gasteiger partial charge in [0.1, 0.15) is 13.2 Å². The first-order valence-electron chi connectivity index (χ1n) is 11.4. The summed E-state index contributed by atoms with van der Waals surface area (Å²) in [6.45, 7) is 9.61. The number of hydrogen-bond donors (Lipinski definition) is 0. The monoisotopic (exact) mass is 448 g/mol. The Labute approximate surface area is 198 Å². The van der Waals surface area contributed by atoms with Crippen LogP contribution in [0.3, 0.4) is 0 Å². The van der Waals surface area contributed by atoms with E-state index in [4.69, 9.17) is 22.1 Å². The standard InChI is InChI=1S/C27H33BO5/c1-18(24(29)31-16-20-12-8-6-9-13-20)27(5)22(23(19(2)28)33-26(27,3)4)25(30)32-17-21-14-10-7-11-15-21/h6-15,18-19,22-23H,16-17H2,1-5H3/t18?,19-,22?,23?,27+/m1/s1. The van der Waals surface area contributed by atoms with Gasteiger partial charge in [-0.3, -0.25) is 9.59 Å². The summed E-state index contributed by atoms with van der Waals surface area (Å²) in [7, 11) is 6.24. The normalized spacial score (nSPS) is 25.7. The van der Waals surface area contributed by atoms with Gasteiger partial charge in [0.25, 0.3) is 0 Å². The van der Waals surface area contributed by atoms with Gasteiger partial charge in [-0.25, -0.2) is 0 Å². The summed E-state index contributed by atoms with van der Waals surface area (Å²) in [6.07, 6.45) is -0.586. The van der Waals surface area contributed by atoms with Crippen molar-refractivity contribution >= 4 is 19.8 Å². The van der Waals surface area contributed by atoms with E-state index in [1.807, 2.05) is 88.4 Å². The molecule has 33 heavy (non-hydrogen) atoms. The Bertz CT molecular complexity index is 943. The van der Waals surface area contributed by atoms with E-state index < -0.39 is 40.7 Å². The minimum absolute atomic E-state index is 0.144. The van der Waals surface area contributed by atoms with E-state index in [1.165, 1.54) is 0 Å². The van der Waals surface area contributed by atoms with E-state index in [-0.39, 0.29) is 19.2 Å². The van der Waals surface area contributed by atoms with Crippen LogP contribution in [-0.2, 0) is 37.0 Å². The number of carbonyl (C=O) groups is 2. The van der Waals surface area contributed by atoms with E-state index in [9.17, 15) is 9.59 Å². The van der Waals surface area contributed by atoms with Gasteiger partial charge in [-0.15, -0.1) is 0 Å². The molecule has 1 heterocycles. The van der Waals surface area contributed by atoms with E-state index in [2.05, 4.69) is 0 Å². The molecule has 0 aromatic heterocycles. The third-order valence-corrected chi connectivity index (χ3v) is 7.18. The summed E-state index contributed by atoms with van der Waals surface area (Å²) >= 11 is 0. The second kappa shape index (κ2) is 10.1. The molecule has 1 aliphatic heterocycles. The van der Waals surface area contributed by atoms with Crippen molar-refractivity contribution in [2.45, 2.75) is 65.4 Å². The number of esters is 2. The van der Waals surface area contributed by atoms with Gasteiger partial charge >= 0.3 is 11.9 Å². The van der Waals surface area contributed by atoms with Crippen LogP contribution in [0.5, 0.6) is 0 Å². The minimum Gasteiger partial charge on any atom is -0.461 e. The molecule has 1 fully saturated rings. The molecule has 2 aromatic rings. The topological polar surface area (TPSA) is 61.8 Å². The van der Waals surface area contributed by atoms with Crippen molar-refractivity contribution in [2.75, 3.05) is 0 Å². The van der Waals surface area contributed by atoms with Crippen molar-refractivity contribution in [1.29, 1.82) is 0 Å². The second-order valence-electron chi connectivity index (χ2n) is 9.62. The van der Waals surface area contributed by atoms with E-state index in [1.54, 1.807) is 6.92 Å². The summed E-state index contributed by atoms with van der Waals surface area (Å²) in [5.41, 5.74) is 0.0792. The molecule has 5 nitrogen and oxygen atoms in total. The van der Waals surface area contributed by atoms with Crippen molar-refractivity contribution in [3.63, 3.8) is 0 Å². The van der Waals surface area contributed by atoms with Crippen LogP contribution in [0.25, 0.3) is 0 Å². The highest BCUT2D eigenvalue weighted by Crippen LogP contribution is 2.57. The highest BCUT2D eigenvalue weighted by Gasteiger charge is 2.65. The molecule has 2 radical (unpaired) electrons. The zero-order chi connectivity index (χ0) is 24.2. The van der Waals surface area contributed by atoms with Crippen LogP contribution in [-0.4, -0.2) is 31.5 Å². The molecule has 6 heteroatoms. The quantitative estimate of drug-likeness (QED) is 0.425. The SMILES string of the molecule is [B][C@H](C)C1OC(C)(C)[C@@](C)(C(C)C(=O)OCc2ccccc2)C1C(=O)OCc1ccccc1. The second-order valence-corrected chi connectivity index (χ2v) is 9.62. The van der Waals surface area contributed by atoms with E-state index in [0.717, 1.165) is 11.1 Å². The fourth-order valence-electron chi connectivity index (χ4n) is 4.75. The molecule has 5 atom stereocenters. The average molecular weight is 448 g/mol. The van der Waals surface area contributed by atoms with Gasteiger partial charge in [0.2, 0.25) is 0 Å². The molecular weight excluding hydrogens is 415 g/mol. The molecule has 174 valence electrons. The number of ether oxygens (including phenoxy) is 3. The summed E-state index contributed by atoms with van der Waals surface area (Å²) in [5.74, 6) is -2.58. The maximum absolute atomic E-state index is 13.4. The molecule has 3 unspecified atom stereocenters. The Hall–Kier alpha value is -2.60. The number of hydrogen-bond acceptors (Lipinski definition) is 5. The van der Waals surface area contributed by atoms with Gasteiger partial charge in [-0.2, -0.15) is 0 Å². The van der Waals surface area contributed by atoms with Crippen molar-refractivity contribution in [3.8, 4) is 0 Å². The third kappa shape index (κ3) is 5.16. The lowest BCUT2D eigenvalue weighted by Crippen LogP contribution is -2.51. The molecule has 0 N–H and O–H groups in total. The van der Waals surface area contributed by atoms with Crippen LogP contribution in [0.1, 0.15) is 45.7 Å². The summed E-state index contributed by atoms with van der Waals surface area (Å²) in [5, 5.41) is 0. The van der Waals surface area contributed by atoms with Crippen molar-refractivity contribution in [2.24, 2.45) is 17.3 Å². The fourth-order valence-corrected chi connectivity index (χ4v) is 4.75. The lowest BCUT2D eigenvalue weighted by Gasteiger charge is -2.43. The van der Waals surface area contributed by atoms with Crippen LogP contribution >= 0.6 is 0 Å². The van der Waals surface area contributed by atoms with E-state index >= 15 is 0 Å². The number of benzene rings is 2. The van der Waals surface area contributed by atoms with Crippen molar-refractivity contribution in [1.82, 2.24) is 0 Å². The van der Waals surface area contributed by atoms with Gasteiger partial charge in [0.05, 0.1) is 31.4 Å². The molecule has 0 amide bonds. The molecule has 3 rings (SSSR count). The van der Waals surface area contributed by atoms with Crippen LogP contribution in [0.4, 0.5) is 0 Å². The Balaban J connectivity index is 1.83. The van der Waals surface area contributed by atoms with Crippen LogP contribution in [0, 0.1) is 17.3 Å². The first-order valence-corrected chi connectivity index (χ1v) is 11.4. The minimum atomic E-state index is -0.896.